The van der Waals surface area contributed by atoms with E-state index >= 15 is 0 Å². The molecule has 0 N–H and O–H groups in total. The standard InChI is InChI=1S/C22H24F2N2O2/c1-14(2)10-21(27)16-4-3-9-26(13-16)22(28)15-5-8-20(25-12-15)18-11-17(23)6-7-19(18)24/h5-8,11-12,14,16H,3-4,9-10,13H2,1-2H3/t16-/m0/s1. The first-order valence-electron chi connectivity index (χ1n) is 9.58. The zero-order valence-electron chi connectivity index (χ0n) is 16.1. The van der Waals surface area contributed by atoms with Crippen LogP contribution in [-0.2, 0) is 4.79 Å². The van der Waals surface area contributed by atoms with Gasteiger partial charge in [-0.3, -0.25) is 14.6 Å². The van der Waals surface area contributed by atoms with E-state index in [2.05, 4.69) is 4.98 Å². The van der Waals surface area contributed by atoms with Crippen LogP contribution in [0.1, 0.15) is 43.5 Å². The number of ketones is 1. The van der Waals surface area contributed by atoms with Crippen LogP contribution in [0.15, 0.2) is 36.5 Å². The van der Waals surface area contributed by atoms with Gasteiger partial charge in [-0.15, -0.1) is 0 Å². The molecule has 3 rings (SSSR count). The maximum Gasteiger partial charge on any atom is 0.255 e. The molecule has 28 heavy (non-hydrogen) atoms. The Labute approximate surface area is 163 Å². The van der Waals surface area contributed by atoms with Crippen molar-refractivity contribution < 1.29 is 18.4 Å². The molecular weight excluding hydrogens is 362 g/mol. The number of carbonyl (C=O) groups is 2. The van der Waals surface area contributed by atoms with E-state index in [0.29, 0.717) is 31.0 Å². The number of halogens is 2. The summed E-state index contributed by atoms with van der Waals surface area (Å²) < 4.78 is 27.3. The predicted molar refractivity (Wildman–Crippen MR) is 103 cm³/mol. The number of benzene rings is 1. The van der Waals surface area contributed by atoms with Gasteiger partial charge in [-0.2, -0.15) is 0 Å². The zero-order chi connectivity index (χ0) is 20.3. The summed E-state index contributed by atoms with van der Waals surface area (Å²) in [6.07, 6.45) is 3.51. The van der Waals surface area contributed by atoms with E-state index in [1.54, 1.807) is 11.0 Å². The number of carbonyl (C=O) groups excluding carboxylic acids is 2. The van der Waals surface area contributed by atoms with Gasteiger partial charge in [-0.05, 0) is 49.1 Å². The summed E-state index contributed by atoms with van der Waals surface area (Å²) in [4.78, 5) is 31.0. The molecule has 0 spiro atoms. The van der Waals surface area contributed by atoms with Gasteiger partial charge in [0.1, 0.15) is 17.4 Å². The number of nitrogens with zero attached hydrogens (tertiary/aromatic N) is 2. The van der Waals surface area contributed by atoms with Crippen LogP contribution in [0.3, 0.4) is 0 Å². The molecule has 1 aromatic carbocycles. The van der Waals surface area contributed by atoms with E-state index in [1.165, 1.54) is 12.3 Å². The van der Waals surface area contributed by atoms with Crippen molar-refractivity contribution in [1.29, 1.82) is 0 Å². The third-order valence-corrected chi connectivity index (χ3v) is 4.99. The molecular formula is C22H24F2N2O2. The Bertz CT molecular complexity index is 865. The molecule has 2 aromatic rings. The van der Waals surface area contributed by atoms with Gasteiger partial charge in [0.05, 0.1) is 11.3 Å². The van der Waals surface area contributed by atoms with Crippen molar-refractivity contribution >= 4 is 11.7 Å². The molecule has 1 aliphatic rings. The van der Waals surface area contributed by atoms with E-state index in [-0.39, 0.29) is 28.9 Å². The Morgan fingerprint density at radius 1 is 1.21 bits per heavy atom. The number of aromatic nitrogens is 1. The summed E-state index contributed by atoms with van der Waals surface area (Å²) in [5.41, 5.74) is 0.686. The lowest BCUT2D eigenvalue weighted by molar-refractivity contribution is -0.124. The summed E-state index contributed by atoms with van der Waals surface area (Å²) in [5, 5.41) is 0. The van der Waals surface area contributed by atoms with Crippen LogP contribution in [0.2, 0.25) is 0 Å². The van der Waals surface area contributed by atoms with Crippen LogP contribution in [-0.4, -0.2) is 34.7 Å². The van der Waals surface area contributed by atoms with Gasteiger partial charge in [0.2, 0.25) is 0 Å². The third-order valence-electron chi connectivity index (χ3n) is 4.99. The van der Waals surface area contributed by atoms with Gasteiger partial charge in [-0.25, -0.2) is 8.78 Å². The average molecular weight is 386 g/mol. The second-order valence-corrected chi connectivity index (χ2v) is 7.71. The lowest BCUT2D eigenvalue weighted by atomic mass is 9.89. The summed E-state index contributed by atoms with van der Waals surface area (Å²) in [7, 11) is 0. The molecule has 1 amide bonds. The summed E-state index contributed by atoms with van der Waals surface area (Å²) in [6, 6.07) is 6.25. The highest BCUT2D eigenvalue weighted by molar-refractivity contribution is 5.94. The fourth-order valence-corrected chi connectivity index (χ4v) is 3.55. The SMILES string of the molecule is CC(C)CC(=O)[C@H]1CCCN(C(=O)c2ccc(-c3cc(F)ccc3F)nc2)C1. The molecule has 4 nitrogen and oxygen atoms in total. The van der Waals surface area contributed by atoms with Gasteiger partial charge in [0, 0.05) is 37.2 Å². The maximum absolute atomic E-state index is 13.9. The minimum atomic E-state index is -0.574. The largest absolute Gasteiger partial charge is 0.338 e. The first-order valence-corrected chi connectivity index (χ1v) is 9.58. The van der Waals surface area contributed by atoms with Gasteiger partial charge in [-0.1, -0.05) is 13.8 Å². The van der Waals surface area contributed by atoms with Gasteiger partial charge in [0.15, 0.2) is 0 Å². The van der Waals surface area contributed by atoms with Crippen molar-refractivity contribution in [3.05, 3.63) is 53.7 Å². The summed E-state index contributed by atoms with van der Waals surface area (Å²) in [6.45, 7) is 5.05. The fourth-order valence-electron chi connectivity index (χ4n) is 3.55. The minimum Gasteiger partial charge on any atom is -0.338 e. The number of pyridine rings is 1. The molecule has 6 heteroatoms. The average Bonchev–Trinajstić information content (AvgIpc) is 2.69. The van der Waals surface area contributed by atoms with E-state index in [9.17, 15) is 18.4 Å². The number of amides is 1. The Hall–Kier alpha value is -2.63. The first-order chi connectivity index (χ1) is 13.3. The smallest absolute Gasteiger partial charge is 0.255 e. The fraction of sp³-hybridized carbons (Fsp3) is 0.409. The molecule has 2 heterocycles. The van der Waals surface area contributed by atoms with Crippen molar-refractivity contribution in [2.24, 2.45) is 11.8 Å². The number of hydrogen-bond acceptors (Lipinski definition) is 3. The van der Waals surface area contributed by atoms with Crippen LogP contribution < -0.4 is 0 Å². The molecule has 1 aliphatic heterocycles. The first kappa shape index (κ1) is 20.1. The van der Waals surface area contributed by atoms with E-state index in [1.807, 2.05) is 13.8 Å². The van der Waals surface area contributed by atoms with Crippen molar-refractivity contribution in [2.45, 2.75) is 33.1 Å². The molecule has 1 atom stereocenters. The number of piperidine rings is 1. The van der Waals surface area contributed by atoms with Crippen molar-refractivity contribution in [1.82, 2.24) is 9.88 Å². The quantitative estimate of drug-likeness (QED) is 0.761. The van der Waals surface area contributed by atoms with Crippen molar-refractivity contribution in [3.63, 3.8) is 0 Å². The summed E-state index contributed by atoms with van der Waals surface area (Å²) >= 11 is 0. The zero-order valence-corrected chi connectivity index (χ0v) is 16.1. The predicted octanol–water partition coefficient (Wildman–Crippen LogP) is 4.49. The highest BCUT2D eigenvalue weighted by Crippen LogP contribution is 2.24. The topological polar surface area (TPSA) is 50.3 Å². The molecule has 1 saturated heterocycles. The van der Waals surface area contributed by atoms with Crippen LogP contribution in [0.4, 0.5) is 8.78 Å². The summed E-state index contributed by atoms with van der Waals surface area (Å²) in [5.74, 6) is -0.921. The number of hydrogen-bond donors (Lipinski definition) is 0. The number of rotatable bonds is 5. The monoisotopic (exact) mass is 386 g/mol. The molecule has 0 bridgehead atoms. The normalized spacial score (nSPS) is 17.0. The van der Waals surface area contributed by atoms with Crippen molar-refractivity contribution in [3.8, 4) is 11.3 Å². The number of likely N-dealkylation sites (tertiary alicyclic amines) is 1. The highest BCUT2D eigenvalue weighted by atomic mass is 19.1. The Kier molecular flexibility index (Phi) is 6.17. The van der Waals surface area contributed by atoms with Gasteiger partial charge < -0.3 is 4.90 Å². The molecule has 0 saturated carbocycles. The van der Waals surface area contributed by atoms with E-state index in [0.717, 1.165) is 31.0 Å². The van der Waals surface area contributed by atoms with Gasteiger partial charge in [0.25, 0.3) is 5.91 Å². The minimum absolute atomic E-state index is 0.0521. The van der Waals surface area contributed by atoms with Crippen molar-refractivity contribution in [2.75, 3.05) is 13.1 Å². The van der Waals surface area contributed by atoms with E-state index < -0.39 is 11.6 Å². The lowest BCUT2D eigenvalue weighted by Gasteiger charge is -2.32. The van der Waals surface area contributed by atoms with Gasteiger partial charge >= 0.3 is 0 Å². The molecule has 1 aromatic heterocycles. The van der Waals surface area contributed by atoms with Crippen LogP contribution in [0.25, 0.3) is 11.3 Å². The molecule has 0 radical (unpaired) electrons. The van der Waals surface area contributed by atoms with E-state index in [4.69, 9.17) is 0 Å². The third kappa shape index (κ3) is 4.61. The highest BCUT2D eigenvalue weighted by Gasteiger charge is 2.29. The Morgan fingerprint density at radius 3 is 2.68 bits per heavy atom. The van der Waals surface area contributed by atoms with Crippen LogP contribution in [0, 0.1) is 23.5 Å². The lowest BCUT2D eigenvalue weighted by Crippen LogP contribution is -2.42. The Balaban J connectivity index is 1.72. The molecule has 0 aliphatic carbocycles. The Morgan fingerprint density at radius 2 is 2.00 bits per heavy atom. The maximum atomic E-state index is 13.9. The van der Waals surface area contributed by atoms with Crippen LogP contribution >= 0.6 is 0 Å². The second-order valence-electron chi connectivity index (χ2n) is 7.71. The molecule has 1 fully saturated rings. The number of Topliss-reactive ketones (excluding diaryl/α,β-unsaturated/α-hetero) is 1. The molecule has 0 unspecified atom stereocenters. The second kappa shape index (κ2) is 8.59. The van der Waals surface area contributed by atoms with Crippen LogP contribution in [0.5, 0.6) is 0 Å². The molecule has 148 valence electrons.